The quantitative estimate of drug-likeness (QED) is 0.443. The van der Waals surface area contributed by atoms with E-state index in [0.29, 0.717) is 16.3 Å². The first-order valence-electron chi connectivity index (χ1n) is 7.19. The van der Waals surface area contributed by atoms with Gasteiger partial charge in [0.15, 0.2) is 0 Å². The maximum absolute atomic E-state index is 12.8. The second-order valence-corrected chi connectivity index (χ2v) is 5.63. The smallest absolute Gasteiger partial charge is 0.267 e. The van der Waals surface area contributed by atoms with Crippen LogP contribution in [0.4, 0.5) is 4.39 Å². The lowest BCUT2D eigenvalue weighted by atomic mass is 10.1. The maximum Gasteiger partial charge on any atom is 0.271 e. The molecule has 24 heavy (non-hydrogen) atoms. The number of aryl methyl sites for hydroxylation is 1. The van der Waals surface area contributed by atoms with Crippen LogP contribution < -0.4 is 5.43 Å². The molecule has 0 unspecified atom stereocenters. The number of hydrogen-bond donors (Lipinski definition) is 1. The Balaban J connectivity index is 1.77. The summed E-state index contributed by atoms with van der Waals surface area (Å²) in [6.45, 7) is 1.98. The fourth-order valence-corrected chi connectivity index (χ4v) is 2.38. The highest BCUT2D eigenvalue weighted by Crippen LogP contribution is 2.20. The van der Waals surface area contributed by atoms with E-state index in [1.54, 1.807) is 0 Å². The van der Waals surface area contributed by atoms with Crippen LogP contribution in [0.2, 0.25) is 5.15 Å². The van der Waals surface area contributed by atoms with Crippen molar-refractivity contribution in [2.45, 2.75) is 6.92 Å². The average Bonchev–Trinajstić information content (AvgIpc) is 2.56. The molecule has 0 saturated carbocycles. The van der Waals surface area contributed by atoms with Gasteiger partial charge in [-0.05, 0) is 48.9 Å². The molecule has 2 aromatic carbocycles. The fourth-order valence-electron chi connectivity index (χ4n) is 2.19. The summed E-state index contributed by atoms with van der Waals surface area (Å²) in [5, 5.41) is 5.11. The third-order valence-corrected chi connectivity index (χ3v) is 3.73. The van der Waals surface area contributed by atoms with E-state index in [0.717, 1.165) is 16.5 Å². The zero-order chi connectivity index (χ0) is 17.1. The zero-order valence-corrected chi connectivity index (χ0v) is 13.5. The van der Waals surface area contributed by atoms with Crippen LogP contribution >= 0.6 is 11.6 Å². The number of pyridine rings is 1. The van der Waals surface area contributed by atoms with Crippen molar-refractivity contribution in [2.75, 3.05) is 0 Å². The summed E-state index contributed by atoms with van der Waals surface area (Å²) in [4.78, 5) is 16.2. The van der Waals surface area contributed by atoms with Crippen LogP contribution in [-0.4, -0.2) is 17.1 Å². The van der Waals surface area contributed by atoms with E-state index in [-0.39, 0.29) is 0 Å². The van der Waals surface area contributed by atoms with Crippen LogP contribution in [0, 0.1) is 12.7 Å². The van der Waals surface area contributed by atoms with E-state index in [4.69, 9.17) is 11.6 Å². The minimum atomic E-state index is -0.438. The molecule has 0 bridgehead atoms. The summed E-state index contributed by atoms with van der Waals surface area (Å²) in [7, 11) is 0. The Morgan fingerprint density at radius 3 is 2.71 bits per heavy atom. The van der Waals surface area contributed by atoms with Gasteiger partial charge < -0.3 is 0 Å². The molecule has 4 nitrogen and oxygen atoms in total. The second-order valence-electron chi connectivity index (χ2n) is 5.27. The Morgan fingerprint density at radius 1 is 1.21 bits per heavy atom. The van der Waals surface area contributed by atoms with Gasteiger partial charge in [-0.1, -0.05) is 23.7 Å². The van der Waals surface area contributed by atoms with Gasteiger partial charge in [-0.2, -0.15) is 5.10 Å². The largest absolute Gasteiger partial charge is 0.271 e. The standard InChI is InChI=1S/C18H13ClFN3O/c1-11-2-3-13-9-14(17(19)22-16(13)8-11)10-21-23-18(24)12-4-6-15(20)7-5-12/h2-10H,1H3,(H,23,24)/b21-10+. The summed E-state index contributed by atoms with van der Waals surface area (Å²) in [5.41, 5.74) is 5.17. The molecule has 0 radical (unpaired) electrons. The van der Waals surface area contributed by atoms with E-state index in [1.165, 1.54) is 30.5 Å². The Bertz CT molecular complexity index is 939. The van der Waals surface area contributed by atoms with Gasteiger partial charge >= 0.3 is 0 Å². The minimum absolute atomic E-state index is 0.299. The number of carbonyl (C=O) groups is 1. The van der Waals surface area contributed by atoms with E-state index in [9.17, 15) is 9.18 Å². The lowest BCUT2D eigenvalue weighted by Gasteiger charge is -2.03. The zero-order valence-electron chi connectivity index (χ0n) is 12.8. The van der Waals surface area contributed by atoms with Crippen molar-refractivity contribution in [3.05, 3.63) is 76.2 Å². The van der Waals surface area contributed by atoms with Gasteiger partial charge in [0.25, 0.3) is 5.91 Å². The summed E-state index contributed by atoms with van der Waals surface area (Å²) < 4.78 is 12.8. The molecule has 1 heterocycles. The van der Waals surface area contributed by atoms with Gasteiger partial charge in [0.2, 0.25) is 0 Å². The van der Waals surface area contributed by atoms with Gasteiger partial charge in [0.1, 0.15) is 11.0 Å². The molecule has 1 amide bonds. The molecule has 0 aliphatic rings. The van der Waals surface area contributed by atoms with Crippen LogP contribution in [-0.2, 0) is 0 Å². The molecule has 1 aromatic heterocycles. The number of aromatic nitrogens is 1. The van der Waals surface area contributed by atoms with Crippen molar-refractivity contribution in [1.82, 2.24) is 10.4 Å². The number of benzene rings is 2. The first-order chi connectivity index (χ1) is 11.5. The van der Waals surface area contributed by atoms with Crippen molar-refractivity contribution < 1.29 is 9.18 Å². The highest BCUT2D eigenvalue weighted by molar-refractivity contribution is 6.32. The van der Waals surface area contributed by atoms with E-state index >= 15 is 0 Å². The molecular weight excluding hydrogens is 329 g/mol. The van der Waals surface area contributed by atoms with Crippen LogP contribution in [0.25, 0.3) is 10.9 Å². The highest BCUT2D eigenvalue weighted by Gasteiger charge is 2.05. The van der Waals surface area contributed by atoms with Crippen molar-refractivity contribution >= 4 is 34.6 Å². The number of nitrogens with one attached hydrogen (secondary N) is 1. The van der Waals surface area contributed by atoms with Crippen molar-refractivity contribution in [2.24, 2.45) is 5.10 Å². The minimum Gasteiger partial charge on any atom is -0.267 e. The van der Waals surface area contributed by atoms with E-state index < -0.39 is 11.7 Å². The Hall–Kier alpha value is -2.79. The number of hydrogen-bond acceptors (Lipinski definition) is 3. The fraction of sp³-hybridized carbons (Fsp3) is 0.0556. The Morgan fingerprint density at radius 2 is 1.96 bits per heavy atom. The maximum atomic E-state index is 12.8. The average molecular weight is 342 g/mol. The molecule has 3 rings (SSSR count). The highest BCUT2D eigenvalue weighted by atomic mass is 35.5. The number of halogens is 2. The monoisotopic (exact) mass is 341 g/mol. The molecule has 0 atom stereocenters. The summed E-state index contributed by atoms with van der Waals surface area (Å²) in [6, 6.07) is 12.9. The third kappa shape index (κ3) is 3.58. The Labute approximate surface area is 143 Å². The van der Waals surface area contributed by atoms with Gasteiger partial charge in [0.05, 0.1) is 11.7 Å². The van der Waals surface area contributed by atoms with Crippen LogP contribution in [0.5, 0.6) is 0 Å². The Kier molecular flexibility index (Phi) is 4.53. The molecule has 1 N–H and O–H groups in total. The van der Waals surface area contributed by atoms with Gasteiger partial charge in [0, 0.05) is 16.5 Å². The van der Waals surface area contributed by atoms with E-state index in [1.807, 2.05) is 31.2 Å². The lowest BCUT2D eigenvalue weighted by molar-refractivity contribution is 0.0955. The molecule has 0 aliphatic carbocycles. The molecule has 6 heteroatoms. The lowest BCUT2D eigenvalue weighted by Crippen LogP contribution is -2.17. The molecule has 120 valence electrons. The first-order valence-corrected chi connectivity index (χ1v) is 7.56. The third-order valence-electron chi connectivity index (χ3n) is 3.43. The summed E-state index contributed by atoms with van der Waals surface area (Å²) >= 11 is 6.15. The van der Waals surface area contributed by atoms with Gasteiger partial charge in [-0.3, -0.25) is 4.79 Å². The molecule has 0 saturated heterocycles. The number of amides is 1. The molecular formula is C18H13ClFN3O. The molecule has 0 fully saturated rings. The summed E-state index contributed by atoms with van der Waals surface area (Å²) in [6.07, 6.45) is 1.43. The molecule has 0 spiro atoms. The predicted octanol–water partition coefficient (Wildman–Crippen LogP) is 4.10. The molecule has 0 aliphatic heterocycles. The second kappa shape index (κ2) is 6.76. The molecule has 3 aromatic rings. The predicted molar refractivity (Wildman–Crippen MR) is 93.0 cm³/mol. The SMILES string of the molecule is Cc1ccc2cc(/C=N/NC(=O)c3ccc(F)cc3)c(Cl)nc2c1. The van der Waals surface area contributed by atoms with Crippen LogP contribution in [0.15, 0.2) is 53.6 Å². The number of rotatable bonds is 3. The topological polar surface area (TPSA) is 54.4 Å². The van der Waals surface area contributed by atoms with E-state index in [2.05, 4.69) is 15.5 Å². The number of fused-ring (bicyclic) bond motifs is 1. The normalized spacial score (nSPS) is 11.1. The number of carbonyl (C=O) groups excluding carboxylic acids is 1. The first kappa shape index (κ1) is 16.1. The van der Waals surface area contributed by atoms with Gasteiger partial charge in [-0.15, -0.1) is 0 Å². The van der Waals surface area contributed by atoms with Crippen molar-refractivity contribution in [3.8, 4) is 0 Å². The van der Waals surface area contributed by atoms with Crippen LogP contribution in [0.1, 0.15) is 21.5 Å². The van der Waals surface area contributed by atoms with Crippen LogP contribution in [0.3, 0.4) is 0 Å². The van der Waals surface area contributed by atoms with Crippen molar-refractivity contribution in [1.29, 1.82) is 0 Å². The summed E-state index contributed by atoms with van der Waals surface area (Å²) in [5.74, 6) is -0.842. The number of nitrogens with zero attached hydrogens (tertiary/aromatic N) is 2. The number of hydrazone groups is 1. The van der Waals surface area contributed by atoms with Gasteiger partial charge in [-0.25, -0.2) is 14.8 Å². The van der Waals surface area contributed by atoms with Crippen molar-refractivity contribution in [3.63, 3.8) is 0 Å².